The molecule has 0 aromatic heterocycles. The third-order valence-corrected chi connectivity index (χ3v) is 3.28. The average Bonchev–Trinajstić information content (AvgIpc) is 2.46. The van der Waals surface area contributed by atoms with Crippen molar-refractivity contribution in [3.63, 3.8) is 0 Å². The first-order valence-electron chi connectivity index (χ1n) is 7.09. The standard InChI is InChI=1S/C17H20F2N2/c1-3-7-20-12-13-8-15(19)11-17(9-13)21(2)16-6-4-5-14(18)10-16/h4-6,8-11,20H,3,7,12H2,1-2H3. The zero-order valence-corrected chi connectivity index (χ0v) is 12.4. The highest BCUT2D eigenvalue weighted by molar-refractivity contribution is 5.63. The Bertz CT molecular complexity index is 599. The molecule has 0 spiro atoms. The highest BCUT2D eigenvalue weighted by Crippen LogP contribution is 2.26. The van der Waals surface area contributed by atoms with Crippen molar-refractivity contribution >= 4 is 11.4 Å². The van der Waals surface area contributed by atoms with Crippen molar-refractivity contribution in [3.8, 4) is 0 Å². The lowest BCUT2D eigenvalue weighted by Crippen LogP contribution is -2.15. The summed E-state index contributed by atoms with van der Waals surface area (Å²) in [4.78, 5) is 1.77. The number of benzene rings is 2. The van der Waals surface area contributed by atoms with Crippen LogP contribution in [0.5, 0.6) is 0 Å². The molecule has 0 unspecified atom stereocenters. The van der Waals surface area contributed by atoms with Gasteiger partial charge >= 0.3 is 0 Å². The van der Waals surface area contributed by atoms with Crippen LogP contribution in [0, 0.1) is 11.6 Å². The Labute approximate surface area is 124 Å². The zero-order valence-electron chi connectivity index (χ0n) is 12.4. The van der Waals surface area contributed by atoms with E-state index in [1.165, 1.54) is 24.3 Å². The van der Waals surface area contributed by atoms with E-state index in [9.17, 15) is 8.78 Å². The van der Waals surface area contributed by atoms with Gasteiger partial charge in [-0.2, -0.15) is 0 Å². The minimum Gasteiger partial charge on any atom is -0.344 e. The van der Waals surface area contributed by atoms with Crippen LogP contribution >= 0.6 is 0 Å². The Kier molecular flexibility index (Phi) is 5.28. The van der Waals surface area contributed by atoms with E-state index < -0.39 is 0 Å². The van der Waals surface area contributed by atoms with Crippen LogP contribution in [0.1, 0.15) is 18.9 Å². The summed E-state index contributed by atoms with van der Waals surface area (Å²) in [5.74, 6) is -0.593. The molecule has 2 rings (SSSR count). The van der Waals surface area contributed by atoms with E-state index in [-0.39, 0.29) is 11.6 Å². The normalized spacial score (nSPS) is 10.7. The van der Waals surface area contributed by atoms with Crippen molar-refractivity contribution < 1.29 is 8.78 Å². The molecule has 0 aliphatic carbocycles. The number of halogens is 2. The van der Waals surface area contributed by atoms with E-state index in [0.717, 1.165) is 18.5 Å². The van der Waals surface area contributed by atoms with Crippen molar-refractivity contribution in [2.24, 2.45) is 0 Å². The maximum absolute atomic E-state index is 13.8. The van der Waals surface area contributed by atoms with E-state index in [1.54, 1.807) is 24.1 Å². The molecule has 0 aliphatic rings. The van der Waals surface area contributed by atoms with Crippen LogP contribution in [0.4, 0.5) is 20.2 Å². The molecule has 2 aromatic carbocycles. The van der Waals surface area contributed by atoms with Crippen LogP contribution in [-0.4, -0.2) is 13.6 Å². The van der Waals surface area contributed by atoms with Crippen molar-refractivity contribution in [3.05, 3.63) is 59.7 Å². The fourth-order valence-corrected chi connectivity index (χ4v) is 2.17. The number of anilines is 2. The lowest BCUT2D eigenvalue weighted by atomic mass is 10.1. The number of rotatable bonds is 6. The maximum Gasteiger partial charge on any atom is 0.125 e. The third kappa shape index (κ3) is 4.26. The topological polar surface area (TPSA) is 15.3 Å². The fraction of sp³-hybridized carbons (Fsp3) is 0.294. The average molecular weight is 290 g/mol. The summed E-state index contributed by atoms with van der Waals surface area (Å²) in [6.45, 7) is 3.60. The van der Waals surface area contributed by atoms with Gasteiger partial charge in [-0.15, -0.1) is 0 Å². The van der Waals surface area contributed by atoms with Gasteiger partial charge in [0.15, 0.2) is 0 Å². The van der Waals surface area contributed by atoms with E-state index >= 15 is 0 Å². The minimum absolute atomic E-state index is 0.288. The van der Waals surface area contributed by atoms with Gasteiger partial charge in [0.25, 0.3) is 0 Å². The van der Waals surface area contributed by atoms with Gasteiger partial charge in [-0.25, -0.2) is 8.78 Å². The number of nitrogens with zero attached hydrogens (tertiary/aromatic N) is 1. The van der Waals surface area contributed by atoms with Crippen LogP contribution < -0.4 is 10.2 Å². The summed E-state index contributed by atoms with van der Waals surface area (Å²) in [5.41, 5.74) is 2.27. The Morgan fingerprint density at radius 3 is 2.48 bits per heavy atom. The second-order valence-corrected chi connectivity index (χ2v) is 5.03. The van der Waals surface area contributed by atoms with Crippen LogP contribution in [0.15, 0.2) is 42.5 Å². The Balaban J connectivity index is 2.22. The molecule has 0 saturated carbocycles. The molecule has 2 aromatic rings. The molecule has 0 fully saturated rings. The van der Waals surface area contributed by atoms with Crippen LogP contribution in [-0.2, 0) is 6.54 Å². The largest absolute Gasteiger partial charge is 0.344 e. The minimum atomic E-state index is -0.305. The Morgan fingerprint density at radius 1 is 1.00 bits per heavy atom. The summed E-state index contributed by atoms with van der Waals surface area (Å²) in [6.07, 6.45) is 1.03. The summed E-state index contributed by atoms with van der Waals surface area (Å²) >= 11 is 0. The Hall–Kier alpha value is -1.94. The predicted octanol–water partition coefficient (Wildman–Crippen LogP) is 4.23. The van der Waals surface area contributed by atoms with E-state index in [0.29, 0.717) is 17.9 Å². The van der Waals surface area contributed by atoms with Gasteiger partial charge < -0.3 is 10.2 Å². The van der Waals surface area contributed by atoms with Gasteiger partial charge in [-0.3, -0.25) is 0 Å². The summed E-state index contributed by atoms with van der Waals surface area (Å²) in [7, 11) is 1.80. The molecule has 1 N–H and O–H groups in total. The van der Waals surface area contributed by atoms with Gasteiger partial charge in [0.1, 0.15) is 11.6 Å². The molecule has 0 saturated heterocycles. The van der Waals surface area contributed by atoms with Crippen molar-refractivity contribution in [1.29, 1.82) is 0 Å². The van der Waals surface area contributed by atoms with Crippen molar-refractivity contribution in [2.75, 3.05) is 18.5 Å². The van der Waals surface area contributed by atoms with Crippen molar-refractivity contribution in [2.45, 2.75) is 19.9 Å². The summed E-state index contributed by atoms with van der Waals surface area (Å²) < 4.78 is 27.1. The third-order valence-electron chi connectivity index (χ3n) is 3.28. The number of nitrogens with one attached hydrogen (secondary N) is 1. The van der Waals surface area contributed by atoms with Crippen LogP contribution in [0.2, 0.25) is 0 Å². The first-order chi connectivity index (χ1) is 10.1. The molecule has 0 radical (unpaired) electrons. The molecule has 2 nitrogen and oxygen atoms in total. The van der Waals surface area contributed by atoms with Gasteiger partial charge in [-0.05, 0) is 54.9 Å². The molecular weight excluding hydrogens is 270 g/mol. The van der Waals surface area contributed by atoms with Crippen LogP contribution in [0.25, 0.3) is 0 Å². The van der Waals surface area contributed by atoms with Crippen molar-refractivity contribution in [1.82, 2.24) is 5.32 Å². The summed E-state index contributed by atoms with van der Waals surface area (Å²) in [6, 6.07) is 11.1. The Morgan fingerprint density at radius 2 is 1.76 bits per heavy atom. The van der Waals surface area contributed by atoms with Gasteiger partial charge in [0, 0.05) is 25.0 Å². The first kappa shape index (κ1) is 15.4. The molecule has 0 atom stereocenters. The maximum atomic E-state index is 13.8. The second-order valence-electron chi connectivity index (χ2n) is 5.03. The van der Waals surface area contributed by atoms with Crippen LogP contribution in [0.3, 0.4) is 0 Å². The highest BCUT2D eigenvalue weighted by Gasteiger charge is 2.08. The quantitative estimate of drug-likeness (QED) is 0.801. The molecule has 0 heterocycles. The smallest absolute Gasteiger partial charge is 0.125 e. The van der Waals surface area contributed by atoms with Gasteiger partial charge in [0.2, 0.25) is 0 Å². The molecular formula is C17H20F2N2. The monoisotopic (exact) mass is 290 g/mol. The van der Waals surface area contributed by atoms with E-state index in [4.69, 9.17) is 0 Å². The van der Waals surface area contributed by atoms with E-state index in [1.807, 2.05) is 6.07 Å². The molecule has 0 bridgehead atoms. The highest BCUT2D eigenvalue weighted by atomic mass is 19.1. The number of hydrogen-bond donors (Lipinski definition) is 1. The van der Waals surface area contributed by atoms with Gasteiger partial charge in [-0.1, -0.05) is 13.0 Å². The number of hydrogen-bond acceptors (Lipinski definition) is 2. The summed E-state index contributed by atoms with van der Waals surface area (Å²) in [5, 5.41) is 3.25. The van der Waals surface area contributed by atoms with Gasteiger partial charge in [0.05, 0.1) is 0 Å². The van der Waals surface area contributed by atoms with E-state index in [2.05, 4.69) is 12.2 Å². The molecule has 21 heavy (non-hydrogen) atoms. The lowest BCUT2D eigenvalue weighted by Gasteiger charge is -2.20. The molecule has 4 heteroatoms. The lowest BCUT2D eigenvalue weighted by molar-refractivity contribution is 0.619. The predicted molar refractivity (Wildman–Crippen MR) is 82.9 cm³/mol. The zero-order chi connectivity index (χ0) is 15.2. The molecule has 112 valence electrons. The molecule has 0 aliphatic heterocycles. The first-order valence-corrected chi connectivity index (χ1v) is 7.09. The second kappa shape index (κ2) is 7.18. The fourth-order valence-electron chi connectivity index (χ4n) is 2.17. The SMILES string of the molecule is CCCNCc1cc(F)cc(N(C)c2cccc(F)c2)c1. The molecule has 0 amide bonds.